The van der Waals surface area contributed by atoms with Gasteiger partial charge in [-0.05, 0) is 46.4 Å². The summed E-state index contributed by atoms with van der Waals surface area (Å²) in [5, 5.41) is 3.34. The van der Waals surface area contributed by atoms with Crippen molar-refractivity contribution in [1.82, 2.24) is 5.32 Å². The molecule has 0 rings (SSSR count). The Bertz CT molecular complexity index is 202. The summed E-state index contributed by atoms with van der Waals surface area (Å²) in [5.74, 6) is 1.33. The number of carbonyl (C=O) groups is 1. The first-order valence-electron chi connectivity index (χ1n) is 5.88. The van der Waals surface area contributed by atoms with E-state index < -0.39 is 0 Å². The van der Waals surface area contributed by atoms with Crippen molar-refractivity contribution in [2.75, 3.05) is 18.1 Å². The predicted molar refractivity (Wildman–Crippen MR) is 70.9 cm³/mol. The van der Waals surface area contributed by atoms with Gasteiger partial charge in [0.05, 0.1) is 5.75 Å². The van der Waals surface area contributed by atoms with Crippen LogP contribution in [0.2, 0.25) is 0 Å². The minimum Gasteiger partial charge on any atom is -0.459 e. The van der Waals surface area contributed by atoms with E-state index in [2.05, 4.69) is 19.2 Å². The van der Waals surface area contributed by atoms with Gasteiger partial charge in [0.15, 0.2) is 0 Å². The average molecular weight is 247 g/mol. The minimum atomic E-state index is -0.366. The maximum absolute atomic E-state index is 11.4. The third-order valence-corrected chi connectivity index (χ3v) is 2.85. The van der Waals surface area contributed by atoms with Gasteiger partial charge in [-0.2, -0.15) is 11.8 Å². The Morgan fingerprint density at radius 3 is 2.56 bits per heavy atom. The third-order valence-electron chi connectivity index (χ3n) is 1.89. The van der Waals surface area contributed by atoms with Gasteiger partial charge >= 0.3 is 5.97 Å². The van der Waals surface area contributed by atoms with Gasteiger partial charge in [-0.15, -0.1) is 0 Å². The molecule has 4 heteroatoms. The molecule has 96 valence electrons. The Morgan fingerprint density at radius 2 is 2.06 bits per heavy atom. The number of carbonyl (C=O) groups excluding carboxylic acids is 1. The van der Waals surface area contributed by atoms with E-state index in [1.54, 1.807) is 11.8 Å². The lowest BCUT2D eigenvalue weighted by Crippen LogP contribution is -2.27. The Hall–Kier alpha value is -0.220. The van der Waals surface area contributed by atoms with E-state index in [0.717, 1.165) is 18.7 Å². The number of nitrogens with one attached hydrogen (secondary N) is 1. The molecule has 0 heterocycles. The smallest absolute Gasteiger partial charge is 0.316 e. The van der Waals surface area contributed by atoms with Gasteiger partial charge in [0, 0.05) is 6.04 Å². The molecule has 0 fully saturated rings. The quantitative estimate of drug-likeness (QED) is 0.554. The van der Waals surface area contributed by atoms with Crippen molar-refractivity contribution in [2.24, 2.45) is 0 Å². The number of ether oxygens (including phenoxy) is 1. The SMILES string of the molecule is CCNC(C)CCSCC(=O)OC(C)(C)C. The normalized spacial score (nSPS) is 13.6. The van der Waals surface area contributed by atoms with E-state index in [-0.39, 0.29) is 11.6 Å². The second-order valence-corrected chi connectivity index (χ2v) is 5.99. The first kappa shape index (κ1) is 15.8. The first-order valence-corrected chi connectivity index (χ1v) is 7.03. The summed E-state index contributed by atoms with van der Waals surface area (Å²) in [6.07, 6.45) is 1.08. The largest absolute Gasteiger partial charge is 0.459 e. The highest BCUT2D eigenvalue weighted by Gasteiger charge is 2.15. The molecule has 0 aromatic rings. The maximum Gasteiger partial charge on any atom is 0.316 e. The van der Waals surface area contributed by atoms with Crippen LogP contribution < -0.4 is 5.32 Å². The summed E-state index contributed by atoms with van der Waals surface area (Å²) in [5.41, 5.74) is -0.366. The highest BCUT2D eigenvalue weighted by atomic mass is 32.2. The number of rotatable bonds is 7. The zero-order chi connectivity index (χ0) is 12.6. The Balaban J connectivity index is 3.48. The summed E-state index contributed by atoms with van der Waals surface area (Å²) in [4.78, 5) is 11.4. The summed E-state index contributed by atoms with van der Waals surface area (Å²) in [7, 11) is 0. The van der Waals surface area contributed by atoms with Crippen LogP contribution in [0.3, 0.4) is 0 Å². The number of thioether (sulfide) groups is 1. The van der Waals surface area contributed by atoms with E-state index >= 15 is 0 Å². The molecule has 0 aliphatic carbocycles. The van der Waals surface area contributed by atoms with E-state index in [1.165, 1.54) is 0 Å². The van der Waals surface area contributed by atoms with Crippen molar-refractivity contribution in [1.29, 1.82) is 0 Å². The number of esters is 1. The fourth-order valence-electron chi connectivity index (χ4n) is 1.24. The Kier molecular flexibility index (Phi) is 7.85. The molecule has 1 atom stereocenters. The van der Waals surface area contributed by atoms with Crippen molar-refractivity contribution in [3.63, 3.8) is 0 Å². The third kappa shape index (κ3) is 10.3. The van der Waals surface area contributed by atoms with Crippen LogP contribution in [-0.4, -0.2) is 35.7 Å². The second-order valence-electron chi connectivity index (χ2n) is 4.89. The molecule has 16 heavy (non-hydrogen) atoms. The summed E-state index contributed by atoms with van der Waals surface area (Å²) < 4.78 is 5.22. The van der Waals surface area contributed by atoms with Crippen LogP contribution in [0.1, 0.15) is 41.0 Å². The van der Waals surface area contributed by atoms with Gasteiger partial charge in [0.25, 0.3) is 0 Å². The lowest BCUT2D eigenvalue weighted by atomic mass is 10.2. The number of hydrogen-bond acceptors (Lipinski definition) is 4. The van der Waals surface area contributed by atoms with Gasteiger partial charge in [-0.3, -0.25) is 4.79 Å². The molecule has 0 aromatic heterocycles. The lowest BCUT2D eigenvalue weighted by Gasteiger charge is -2.19. The van der Waals surface area contributed by atoms with Crippen LogP contribution in [-0.2, 0) is 9.53 Å². The molecule has 3 nitrogen and oxygen atoms in total. The van der Waals surface area contributed by atoms with Crippen LogP contribution in [0.25, 0.3) is 0 Å². The summed E-state index contributed by atoms with van der Waals surface area (Å²) >= 11 is 1.64. The topological polar surface area (TPSA) is 38.3 Å². The molecule has 1 N–H and O–H groups in total. The molecule has 1 unspecified atom stereocenters. The van der Waals surface area contributed by atoms with Crippen LogP contribution in [0, 0.1) is 0 Å². The van der Waals surface area contributed by atoms with E-state index in [1.807, 2.05) is 20.8 Å². The van der Waals surface area contributed by atoms with Crippen molar-refractivity contribution in [3.8, 4) is 0 Å². The van der Waals surface area contributed by atoms with E-state index in [9.17, 15) is 4.79 Å². The molecule has 0 spiro atoms. The fourth-order valence-corrected chi connectivity index (χ4v) is 2.13. The molecule has 0 saturated heterocycles. The molecular formula is C12H25NO2S. The summed E-state index contributed by atoms with van der Waals surface area (Å²) in [6, 6.07) is 0.524. The molecule has 0 aliphatic rings. The minimum absolute atomic E-state index is 0.117. The predicted octanol–water partition coefficient (Wildman–Crippen LogP) is 2.45. The second kappa shape index (κ2) is 7.96. The van der Waals surface area contributed by atoms with Crippen molar-refractivity contribution in [3.05, 3.63) is 0 Å². The van der Waals surface area contributed by atoms with Crippen molar-refractivity contribution >= 4 is 17.7 Å². The van der Waals surface area contributed by atoms with Crippen LogP contribution in [0.4, 0.5) is 0 Å². The summed E-state index contributed by atoms with van der Waals surface area (Å²) in [6.45, 7) is 10.9. The highest BCUT2D eigenvalue weighted by Crippen LogP contribution is 2.11. The van der Waals surface area contributed by atoms with Gasteiger partial charge in [-0.1, -0.05) is 6.92 Å². The van der Waals surface area contributed by atoms with Crippen LogP contribution in [0.5, 0.6) is 0 Å². The molecule has 0 aromatic carbocycles. The average Bonchev–Trinajstić information content (AvgIpc) is 2.10. The zero-order valence-electron chi connectivity index (χ0n) is 11.1. The molecule has 0 bridgehead atoms. The van der Waals surface area contributed by atoms with Gasteiger partial charge in [-0.25, -0.2) is 0 Å². The molecule has 0 radical (unpaired) electrons. The molecule has 0 amide bonds. The Morgan fingerprint density at radius 1 is 1.44 bits per heavy atom. The monoisotopic (exact) mass is 247 g/mol. The zero-order valence-corrected chi connectivity index (χ0v) is 11.9. The lowest BCUT2D eigenvalue weighted by molar-refractivity contribution is -0.151. The maximum atomic E-state index is 11.4. The molecular weight excluding hydrogens is 222 g/mol. The molecule has 0 saturated carbocycles. The highest BCUT2D eigenvalue weighted by molar-refractivity contribution is 7.99. The van der Waals surface area contributed by atoms with E-state index in [0.29, 0.717) is 11.8 Å². The van der Waals surface area contributed by atoms with Gasteiger partial charge in [0.1, 0.15) is 5.60 Å². The first-order chi connectivity index (χ1) is 7.35. The van der Waals surface area contributed by atoms with Crippen LogP contribution >= 0.6 is 11.8 Å². The van der Waals surface area contributed by atoms with Gasteiger partial charge < -0.3 is 10.1 Å². The Labute approximate surface area is 104 Å². The van der Waals surface area contributed by atoms with Crippen LogP contribution in [0.15, 0.2) is 0 Å². The van der Waals surface area contributed by atoms with Crippen molar-refractivity contribution < 1.29 is 9.53 Å². The fraction of sp³-hybridized carbons (Fsp3) is 0.917. The molecule has 0 aliphatic heterocycles. The van der Waals surface area contributed by atoms with Gasteiger partial charge in [0.2, 0.25) is 0 Å². The number of hydrogen-bond donors (Lipinski definition) is 1. The standard InChI is InChI=1S/C12H25NO2S/c1-6-13-10(2)7-8-16-9-11(14)15-12(3,4)5/h10,13H,6-9H2,1-5H3. The van der Waals surface area contributed by atoms with E-state index in [4.69, 9.17) is 4.74 Å². The van der Waals surface area contributed by atoms with Crippen molar-refractivity contribution in [2.45, 2.75) is 52.7 Å².